The second-order valence-electron chi connectivity index (χ2n) is 6.67. The van der Waals surface area contributed by atoms with Gasteiger partial charge in [-0.1, -0.05) is 40.2 Å². The number of anilines is 1. The highest BCUT2D eigenvalue weighted by molar-refractivity contribution is 9.10. The van der Waals surface area contributed by atoms with Crippen LogP contribution in [0, 0.1) is 6.92 Å². The van der Waals surface area contributed by atoms with Crippen molar-refractivity contribution >= 4 is 38.4 Å². The zero-order valence-electron chi connectivity index (χ0n) is 16.1. The van der Waals surface area contributed by atoms with E-state index >= 15 is 0 Å². The highest BCUT2D eigenvalue weighted by Gasteiger charge is 2.19. The first kappa shape index (κ1) is 19.2. The second-order valence-corrected chi connectivity index (χ2v) is 7.59. The number of carbonyl (C=O) groups is 1. The van der Waals surface area contributed by atoms with E-state index in [-0.39, 0.29) is 5.91 Å². The zero-order chi connectivity index (χ0) is 20.4. The van der Waals surface area contributed by atoms with E-state index < -0.39 is 0 Å². The molecular weight excluding hydrogens is 428 g/mol. The van der Waals surface area contributed by atoms with Gasteiger partial charge in [0.2, 0.25) is 0 Å². The van der Waals surface area contributed by atoms with Crippen molar-refractivity contribution in [3.8, 4) is 17.0 Å². The number of ether oxygens (including phenoxy) is 1. The lowest BCUT2D eigenvalue weighted by Gasteiger charge is -2.15. The molecule has 29 heavy (non-hydrogen) atoms. The lowest BCUT2D eigenvalue weighted by atomic mass is 9.97. The van der Waals surface area contributed by atoms with Gasteiger partial charge in [-0.25, -0.2) is 4.98 Å². The Morgan fingerprint density at radius 2 is 1.76 bits per heavy atom. The molecule has 0 bridgehead atoms. The summed E-state index contributed by atoms with van der Waals surface area (Å²) in [5.74, 6) is 0.619. The third-order valence-corrected chi connectivity index (χ3v) is 5.30. The summed E-state index contributed by atoms with van der Waals surface area (Å²) in [4.78, 5) is 18.1. The second kappa shape index (κ2) is 8.05. The minimum Gasteiger partial charge on any atom is -0.497 e. The van der Waals surface area contributed by atoms with Crippen LogP contribution in [0.5, 0.6) is 5.75 Å². The maximum Gasteiger partial charge on any atom is 0.256 e. The number of methoxy groups -OCH3 is 1. The molecule has 0 unspecified atom stereocenters. The number of para-hydroxylation sites is 1. The Balaban J connectivity index is 1.85. The standard InChI is InChI=1S/C24H19BrN2O2/c1-15-22(24(28)26-18-7-5-6-17(25)14-18)20-8-3-4-9-21(20)27-23(15)16-10-12-19(29-2)13-11-16/h3-14H,1-2H3,(H,26,28). The fourth-order valence-electron chi connectivity index (χ4n) is 3.39. The van der Waals surface area contributed by atoms with E-state index in [1.54, 1.807) is 7.11 Å². The van der Waals surface area contributed by atoms with Crippen molar-refractivity contribution in [2.24, 2.45) is 0 Å². The number of fused-ring (bicyclic) bond motifs is 1. The molecule has 4 aromatic rings. The molecule has 0 saturated carbocycles. The van der Waals surface area contributed by atoms with Crippen molar-refractivity contribution in [1.29, 1.82) is 0 Å². The number of pyridine rings is 1. The van der Waals surface area contributed by atoms with Crippen molar-refractivity contribution in [3.63, 3.8) is 0 Å². The summed E-state index contributed by atoms with van der Waals surface area (Å²) in [6, 6.07) is 23.0. The van der Waals surface area contributed by atoms with Gasteiger partial charge in [-0.15, -0.1) is 0 Å². The summed E-state index contributed by atoms with van der Waals surface area (Å²) in [6.45, 7) is 1.94. The zero-order valence-corrected chi connectivity index (χ0v) is 17.7. The van der Waals surface area contributed by atoms with Crippen LogP contribution in [0.4, 0.5) is 5.69 Å². The number of amides is 1. The molecule has 1 heterocycles. The summed E-state index contributed by atoms with van der Waals surface area (Å²) in [5, 5.41) is 3.84. The first-order chi connectivity index (χ1) is 14.1. The average molecular weight is 447 g/mol. The third-order valence-electron chi connectivity index (χ3n) is 4.81. The van der Waals surface area contributed by atoms with E-state index in [1.165, 1.54) is 0 Å². The smallest absolute Gasteiger partial charge is 0.256 e. The molecule has 0 spiro atoms. The van der Waals surface area contributed by atoms with Gasteiger partial charge < -0.3 is 10.1 Å². The first-order valence-electron chi connectivity index (χ1n) is 9.17. The number of carbonyl (C=O) groups excluding carboxylic acids is 1. The molecule has 4 nitrogen and oxygen atoms in total. The van der Waals surface area contributed by atoms with Crippen LogP contribution in [0.15, 0.2) is 77.3 Å². The summed E-state index contributed by atoms with van der Waals surface area (Å²) in [6.07, 6.45) is 0. The molecular formula is C24H19BrN2O2. The van der Waals surface area contributed by atoms with Gasteiger partial charge in [0.15, 0.2) is 0 Å². The Labute approximate surface area is 177 Å². The maximum absolute atomic E-state index is 13.3. The number of nitrogens with zero attached hydrogens (tertiary/aromatic N) is 1. The molecule has 1 amide bonds. The lowest BCUT2D eigenvalue weighted by Crippen LogP contribution is -2.15. The van der Waals surface area contributed by atoms with Crippen LogP contribution in [0.1, 0.15) is 15.9 Å². The summed E-state index contributed by atoms with van der Waals surface area (Å²) in [7, 11) is 1.64. The maximum atomic E-state index is 13.3. The van der Waals surface area contributed by atoms with E-state index in [9.17, 15) is 4.79 Å². The molecule has 4 rings (SSSR count). The van der Waals surface area contributed by atoms with Crippen LogP contribution in [0.25, 0.3) is 22.2 Å². The van der Waals surface area contributed by atoms with Gasteiger partial charge >= 0.3 is 0 Å². The van der Waals surface area contributed by atoms with Crippen LogP contribution in [0.2, 0.25) is 0 Å². The van der Waals surface area contributed by atoms with Crippen LogP contribution in [-0.4, -0.2) is 18.0 Å². The van der Waals surface area contributed by atoms with E-state index in [0.717, 1.165) is 43.6 Å². The fraction of sp³-hybridized carbons (Fsp3) is 0.0833. The van der Waals surface area contributed by atoms with Crippen molar-refractivity contribution in [2.75, 3.05) is 12.4 Å². The Hall–Kier alpha value is -3.18. The highest BCUT2D eigenvalue weighted by Crippen LogP contribution is 2.31. The Kier molecular flexibility index (Phi) is 5.32. The van der Waals surface area contributed by atoms with E-state index in [1.807, 2.05) is 79.7 Å². The summed E-state index contributed by atoms with van der Waals surface area (Å²) >= 11 is 3.44. The molecule has 144 valence electrons. The molecule has 0 aliphatic heterocycles. The molecule has 3 aromatic carbocycles. The van der Waals surface area contributed by atoms with Gasteiger partial charge in [0.1, 0.15) is 5.75 Å². The van der Waals surface area contributed by atoms with Crippen molar-refractivity contribution in [1.82, 2.24) is 4.98 Å². The highest BCUT2D eigenvalue weighted by atomic mass is 79.9. The topological polar surface area (TPSA) is 51.2 Å². The number of benzene rings is 3. The molecule has 0 radical (unpaired) electrons. The van der Waals surface area contributed by atoms with Gasteiger partial charge in [0.05, 0.1) is 23.9 Å². The molecule has 0 atom stereocenters. The number of aromatic nitrogens is 1. The van der Waals surface area contributed by atoms with E-state index in [4.69, 9.17) is 9.72 Å². The Morgan fingerprint density at radius 1 is 1.00 bits per heavy atom. The van der Waals surface area contributed by atoms with E-state index in [0.29, 0.717) is 5.56 Å². The Bertz CT molecular complexity index is 1200. The largest absolute Gasteiger partial charge is 0.497 e. The van der Waals surface area contributed by atoms with Crippen LogP contribution >= 0.6 is 15.9 Å². The van der Waals surface area contributed by atoms with Gasteiger partial charge in [-0.05, 0) is 61.0 Å². The first-order valence-corrected chi connectivity index (χ1v) is 9.97. The van der Waals surface area contributed by atoms with Crippen LogP contribution in [-0.2, 0) is 0 Å². The summed E-state index contributed by atoms with van der Waals surface area (Å²) < 4.78 is 6.16. The lowest BCUT2D eigenvalue weighted by molar-refractivity contribution is 0.102. The molecule has 0 saturated heterocycles. The van der Waals surface area contributed by atoms with Gasteiger partial charge in [0.25, 0.3) is 5.91 Å². The number of hydrogen-bond acceptors (Lipinski definition) is 3. The molecule has 0 aliphatic rings. The monoisotopic (exact) mass is 446 g/mol. The number of halogens is 1. The molecule has 0 fully saturated rings. The molecule has 1 aromatic heterocycles. The Morgan fingerprint density at radius 3 is 2.48 bits per heavy atom. The normalized spacial score (nSPS) is 10.7. The molecule has 0 aliphatic carbocycles. The van der Waals surface area contributed by atoms with Crippen molar-refractivity contribution < 1.29 is 9.53 Å². The SMILES string of the molecule is COc1ccc(-c2nc3ccccc3c(C(=O)Nc3cccc(Br)c3)c2C)cc1. The minimum atomic E-state index is -0.158. The van der Waals surface area contributed by atoms with Crippen molar-refractivity contribution in [3.05, 3.63) is 88.4 Å². The quantitative estimate of drug-likeness (QED) is 0.403. The fourth-order valence-corrected chi connectivity index (χ4v) is 3.79. The van der Waals surface area contributed by atoms with E-state index in [2.05, 4.69) is 21.2 Å². The minimum absolute atomic E-state index is 0.158. The average Bonchev–Trinajstić information content (AvgIpc) is 2.73. The predicted octanol–water partition coefficient (Wildman–Crippen LogP) is 6.23. The number of hydrogen-bond donors (Lipinski definition) is 1. The van der Waals surface area contributed by atoms with Crippen molar-refractivity contribution in [2.45, 2.75) is 6.92 Å². The van der Waals surface area contributed by atoms with Crippen LogP contribution < -0.4 is 10.1 Å². The predicted molar refractivity (Wildman–Crippen MR) is 121 cm³/mol. The van der Waals surface area contributed by atoms with Gasteiger partial charge in [0, 0.05) is 21.1 Å². The van der Waals surface area contributed by atoms with Gasteiger partial charge in [-0.3, -0.25) is 4.79 Å². The third kappa shape index (κ3) is 3.87. The van der Waals surface area contributed by atoms with Gasteiger partial charge in [-0.2, -0.15) is 0 Å². The number of nitrogens with one attached hydrogen (secondary N) is 1. The molecule has 1 N–H and O–H groups in total. The number of rotatable bonds is 4. The summed E-state index contributed by atoms with van der Waals surface area (Å²) in [5.41, 5.74) is 4.69. The van der Waals surface area contributed by atoms with Crippen LogP contribution in [0.3, 0.4) is 0 Å². The molecule has 5 heteroatoms.